The molecule has 2 rings (SSSR count). The third-order valence-corrected chi connectivity index (χ3v) is 9.36. The van der Waals surface area contributed by atoms with Crippen molar-refractivity contribution in [2.45, 2.75) is 121 Å². The minimum Gasteiger partial charge on any atom is -0.508 e. The minimum atomic E-state index is -1.45. The summed E-state index contributed by atoms with van der Waals surface area (Å²) < 4.78 is 0. The largest absolute Gasteiger partial charge is 0.508 e. The number of phenols is 1. The molecule has 1 fully saturated rings. The summed E-state index contributed by atoms with van der Waals surface area (Å²) in [5.74, 6) is -6.20. The summed E-state index contributed by atoms with van der Waals surface area (Å²) in [4.78, 5) is 92.7. The third-order valence-electron chi connectivity index (χ3n) is 9.36. The third kappa shape index (κ3) is 14.9. The Morgan fingerprint density at radius 2 is 1.26 bits per heavy atom. The van der Waals surface area contributed by atoms with Gasteiger partial charge in [-0.2, -0.15) is 0 Å². The van der Waals surface area contributed by atoms with E-state index < -0.39 is 84.1 Å². The summed E-state index contributed by atoms with van der Waals surface area (Å²) in [7, 11) is 0. The first kappa shape index (κ1) is 45.3. The molecule has 0 aliphatic carbocycles. The molecule has 15 N–H and O–H groups in total. The van der Waals surface area contributed by atoms with E-state index in [0.29, 0.717) is 50.8 Å². The van der Waals surface area contributed by atoms with Crippen molar-refractivity contribution in [3.63, 3.8) is 0 Å². The van der Waals surface area contributed by atoms with E-state index in [2.05, 4.69) is 32.7 Å². The summed E-state index contributed by atoms with van der Waals surface area (Å²) in [6, 6.07) is -1.04. The van der Waals surface area contributed by atoms with Gasteiger partial charge in [-0.15, -0.1) is 0 Å². The number of amides is 5. The SMILES string of the molecule is CC(C)[C@H](N)C(=O)N[C@@H](Cc1ccc(O)cc1)C(=O)N[C@@H](CCC(=O)O)C(=O)N[C@@H](CCCC[NH3+])C(=O)N[C@@H](CCCC[NH3+])C(=O)N1CCC[C@H]1C(=O)O. The number of carboxylic acids is 2. The molecule has 1 saturated heterocycles. The molecule has 6 atom stereocenters. The lowest BCUT2D eigenvalue weighted by molar-refractivity contribution is -0.369. The van der Waals surface area contributed by atoms with E-state index in [1.165, 1.54) is 17.0 Å². The van der Waals surface area contributed by atoms with Crippen molar-refractivity contribution in [2.75, 3.05) is 19.6 Å². The maximum Gasteiger partial charge on any atom is 0.326 e. The Morgan fingerprint density at radius 3 is 1.78 bits per heavy atom. The highest BCUT2D eigenvalue weighted by atomic mass is 16.4. The summed E-state index contributed by atoms with van der Waals surface area (Å²) in [6.07, 6.45) is 2.44. The maximum absolute atomic E-state index is 13.8. The number of benzene rings is 1. The smallest absolute Gasteiger partial charge is 0.326 e. The van der Waals surface area contributed by atoms with Crippen LogP contribution >= 0.6 is 0 Å². The first-order chi connectivity index (χ1) is 25.6. The van der Waals surface area contributed by atoms with Gasteiger partial charge in [0.15, 0.2) is 0 Å². The summed E-state index contributed by atoms with van der Waals surface area (Å²) in [5.41, 5.74) is 14.2. The number of unbranched alkanes of at least 4 members (excludes halogenated alkanes) is 2. The van der Waals surface area contributed by atoms with Crippen LogP contribution in [0.4, 0.5) is 0 Å². The van der Waals surface area contributed by atoms with E-state index in [9.17, 15) is 48.9 Å². The van der Waals surface area contributed by atoms with Gasteiger partial charge in [0, 0.05) is 19.4 Å². The topological polar surface area (TPSA) is 313 Å². The summed E-state index contributed by atoms with van der Waals surface area (Å²) in [6.45, 7) is 4.83. The number of quaternary nitrogens is 2. The first-order valence-corrected chi connectivity index (χ1v) is 18.7. The molecular weight excluding hydrogens is 704 g/mol. The number of hydrogen-bond acceptors (Lipinski definition) is 9. The van der Waals surface area contributed by atoms with Crippen LogP contribution < -0.4 is 38.5 Å². The number of phenolic OH excluding ortho intramolecular Hbond substituents is 1. The second kappa shape index (κ2) is 23.1. The van der Waals surface area contributed by atoms with Crippen LogP contribution in [0.1, 0.15) is 83.6 Å². The molecule has 54 heavy (non-hydrogen) atoms. The molecule has 1 aromatic rings. The normalized spacial score (nSPS) is 16.8. The number of nitrogens with two attached hydrogens (primary N) is 1. The fourth-order valence-corrected chi connectivity index (χ4v) is 6.07. The molecule has 18 heteroatoms. The van der Waals surface area contributed by atoms with Gasteiger partial charge in [-0.25, -0.2) is 4.79 Å². The van der Waals surface area contributed by atoms with Crippen LogP contribution in [-0.4, -0.2) is 118 Å². The van der Waals surface area contributed by atoms with E-state index in [1.54, 1.807) is 26.0 Å². The van der Waals surface area contributed by atoms with Crippen LogP contribution in [0.15, 0.2) is 24.3 Å². The maximum atomic E-state index is 13.8. The number of hydrogen-bond donors (Lipinski definition) is 10. The average Bonchev–Trinajstić information content (AvgIpc) is 3.63. The van der Waals surface area contributed by atoms with Crippen LogP contribution in [-0.2, 0) is 40.0 Å². The molecule has 0 aromatic heterocycles. The number of nitrogens with zero attached hydrogens (tertiary/aromatic N) is 1. The van der Waals surface area contributed by atoms with Crippen molar-refractivity contribution >= 4 is 41.5 Å². The number of aliphatic carboxylic acids is 2. The molecular formula is C36H60N8O10+2. The minimum absolute atomic E-state index is 0.0146. The fourth-order valence-electron chi connectivity index (χ4n) is 6.07. The number of nitrogens with one attached hydrogen (secondary N) is 4. The molecule has 5 amide bonds. The van der Waals surface area contributed by atoms with Crippen molar-refractivity contribution in [3.05, 3.63) is 29.8 Å². The Balaban J connectivity index is 2.36. The van der Waals surface area contributed by atoms with Gasteiger partial charge in [-0.05, 0) is 81.4 Å². The Bertz CT molecular complexity index is 1430. The predicted octanol–water partition coefficient (Wildman–Crippen LogP) is -2.38. The van der Waals surface area contributed by atoms with Gasteiger partial charge in [0.1, 0.15) is 36.0 Å². The highest BCUT2D eigenvalue weighted by Gasteiger charge is 2.38. The summed E-state index contributed by atoms with van der Waals surface area (Å²) in [5, 5.41) is 39.4. The van der Waals surface area contributed by atoms with E-state index in [-0.39, 0.29) is 50.3 Å². The molecule has 1 heterocycles. The highest BCUT2D eigenvalue weighted by molar-refractivity contribution is 5.96. The van der Waals surface area contributed by atoms with E-state index in [0.717, 1.165) is 0 Å². The lowest BCUT2D eigenvalue weighted by Crippen LogP contribution is -2.59. The Morgan fingerprint density at radius 1 is 0.759 bits per heavy atom. The van der Waals surface area contributed by atoms with Gasteiger partial charge in [-0.3, -0.25) is 28.8 Å². The number of rotatable bonds is 24. The van der Waals surface area contributed by atoms with Gasteiger partial charge < -0.3 is 58.7 Å². The zero-order valence-electron chi connectivity index (χ0n) is 31.4. The van der Waals surface area contributed by atoms with Crippen molar-refractivity contribution in [2.24, 2.45) is 11.7 Å². The average molecular weight is 765 g/mol. The zero-order chi connectivity index (χ0) is 40.4. The predicted molar refractivity (Wildman–Crippen MR) is 195 cm³/mol. The van der Waals surface area contributed by atoms with Crippen molar-refractivity contribution in [1.29, 1.82) is 0 Å². The van der Waals surface area contributed by atoms with Crippen LogP contribution in [0.25, 0.3) is 0 Å². The molecule has 1 aliphatic heterocycles. The van der Waals surface area contributed by atoms with Crippen LogP contribution in [0.3, 0.4) is 0 Å². The molecule has 0 radical (unpaired) electrons. The van der Waals surface area contributed by atoms with Gasteiger partial charge in [0.05, 0.1) is 19.1 Å². The Hall–Kier alpha value is -4.81. The van der Waals surface area contributed by atoms with Crippen molar-refractivity contribution < 1.29 is 60.3 Å². The second-order valence-corrected chi connectivity index (χ2v) is 14.0. The number of carbonyl (C=O) groups is 7. The molecule has 1 aliphatic rings. The highest BCUT2D eigenvalue weighted by Crippen LogP contribution is 2.20. The van der Waals surface area contributed by atoms with Gasteiger partial charge in [0.25, 0.3) is 0 Å². The molecule has 0 unspecified atom stereocenters. The van der Waals surface area contributed by atoms with Gasteiger partial charge in [0.2, 0.25) is 29.5 Å². The number of carbonyl (C=O) groups excluding carboxylic acids is 5. The van der Waals surface area contributed by atoms with Crippen LogP contribution in [0.2, 0.25) is 0 Å². The van der Waals surface area contributed by atoms with E-state index >= 15 is 0 Å². The molecule has 1 aromatic carbocycles. The Labute approximate surface area is 315 Å². The molecule has 0 saturated carbocycles. The molecule has 18 nitrogen and oxygen atoms in total. The van der Waals surface area contributed by atoms with Gasteiger partial charge in [-0.1, -0.05) is 26.0 Å². The fraction of sp³-hybridized carbons (Fsp3) is 0.639. The van der Waals surface area contributed by atoms with E-state index in [4.69, 9.17) is 5.73 Å². The number of aromatic hydroxyl groups is 1. The summed E-state index contributed by atoms with van der Waals surface area (Å²) >= 11 is 0. The second-order valence-electron chi connectivity index (χ2n) is 14.0. The van der Waals surface area contributed by atoms with Gasteiger partial charge >= 0.3 is 11.9 Å². The lowest BCUT2D eigenvalue weighted by Gasteiger charge is -2.29. The number of likely N-dealkylation sites (tertiary alicyclic amines) is 1. The quantitative estimate of drug-likeness (QED) is 0.0496. The van der Waals surface area contributed by atoms with Crippen LogP contribution in [0.5, 0.6) is 5.75 Å². The van der Waals surface area contributed by atoms with Crippen molar-refractivity contribution in [1.82, 2.24) is 26.2 Å². The molecule has 0 spiro atoms. The van der Waals surface area contributed by atoms with Crippen LogP contribution in [0, 0.1) is 5.92 Å². The van der Waals surface area contributed by atoms with E-state index in [1.807, 2.05) is 0 Å². The lowest BCUT2D eigenvalue weighted by atomic mass is 10.0. The first-order valence-electron chi connectivity index (χ1n) is 18.7. The number of carboxylic acid groups (broad SMARTS) is 2. The zero-order valence-corrected chi connectivity index (χ0v) is 31.4. The Kier molecular flexibility index (Phi) is 19.4. The molecule has 0 bridgehead atoms. The standard InChI is InChI=1S/C36H58N8O10/c1-21(2)30(39)34(51)43-27(20-22-11-13-23(45)14-12-22)33(50)41-25(15-16-29(46)47)32(49)40-24(8-3-5-17-37)31(48)42-26(9-4-6-18-38)35(52)44-19-7-10-28(44)36(53)54/h11-14,21,24-28,30,45H,3-10,15-20,37-39H2,1-2H3,(H,40,49)(H,41,50)(H,42,48)(H,43,51)(H,46,47)(H,53,54)/p+2/t24-,25-,26-,27-,28-,30-/m0/s1. The monoisotopic (exact) mass is 764 g/mol. The molecule has 302 valence electrons. The van der Waals surface area contributed by atoms with Crippen molar-refractivity contribution in [3.8, 4) is 5.75 Å².